The maximum atomic E-state index is 12.4. The molecule has 3 rings (SSSR count). The van der Waals surface area contributed by atoms with Crippen molar-refractivity contribution in [3.05, 3.63) is 65.2 Å². The predicted molar refractivity (Wildman–Crippen MR) is 102 cm³/mol. The van der Waals surface area contributed by atoms with Gasteiger partial charge in [-0.05, 0) is 41.7 Å². The number of aliphatic carboxylic acids is 1. The molecule has 6 heteroatoms. The Kier molecular flexibility index (Phi) is 7.82. The first kappa shape index (κ1) is 20.5. The molecular weight excluding hydrogens is 346 g/mol. The second kappa shape index (κ2) is 10.3. The zero-order chi connectivity index (χ0) is 19.6. The summed E-state index contributed by atoms with van der Waals surface area (Å²) in [5.41, 5.74) is 3.45. The van der Waals surface area contributed by atoms with Gasteiger partial charge in [0.2, 0.25) is 0 Å². The molecule has 0 radical (unpaired) electrons. The molecule has 1 amide bonds. The molecule has 1 aliphatic rings. The number of carboxylic acids is 1. The molecule has 6 nitrogen and oxygen atoms in total. The van der Waals surface area contributed by atoms with Gasteiger partial charge < -0.3 is 19.8 Å². The highest BCUT2D eigenvalue weighted by atomic mass is 16.5. The van der Waals surface area contributed by atoms with Crippen LogP contribution in [0.4, 0.5) is 0 Å². The zero-order valence-corrected chi connectivity index (χ0v) is 15.4. The van der Waals surface area contributed by atoms with E-state index in [4.69, 9.17) is 14.9 Å². The summed E-state index contributed by atoms with van der Waals surface area (Å²) in [7, 11) is 1.00. The normalized spacial score (nSPS) is 12.4. The van der Waals surface area contributed by atoms with Crippen molar-refractivity contribution >= 4 is 11.9 Å². The lowest BCUT2D eigenvalue weighted by Gasteiger charge is -2.28. The molecule has 0 saturated heterocycles. The number of ether oxygens (including phenoxy) is 1. The minimum atomic E-state index is -0.811. The number of aliphatic hydroxyl groups is 1. The van der Waals surface area contributed by atoms with Gasteiger partial charge in [0.15, 0.2) is 6.61 Å². The van der Waals surface area contributed by atoms with Gasteiger partial charge >= 0.3 is 5.97 Å². The second-order valence-corrected chi connectivity index (χ2v) is 6.16. The molecule has 1 heterocycles. The maximum absolute atomic E-state index is 12.4. The van der Waals surface area contributed by atoms with Gasteiger partial charge in [-0.25, -0.2) is 0 Å². The van der Waals surface area contributed by atoms with Crippen LogP contribution in [0.2, 0.25) is 0 Å². The van der Waals surface area contributed by atoms with Crippen LogP contribution in [0.15, 0.2) is 48.5 Å². The largest absolute Gasteiger partial charge is 0.484 e. The van der Waals surface area contributed by atoms with Crippen molar-refractivity contribution < 1.29 is 24.5 Å². The third-order valence-electron chi connectivity index (χ3n) is 4.40. The Balaban J connectivity index is 0.00000126. The van der Waals surface area contributed by atoms with Crippen LogP contribution in [0.1, 0.15) is 23.1 Å². The van der Waals surface area contributed by atoms with Crippen LogP contribution in [0, 0.1) is 0 Å². The minimum absolute atomic E-state index is 0.0106. The Hall–Kier alpha value is -2.86. The number of rotatable bonds is 6. The van der Waals surface area contributed by atoms with Crippen molar-refractivity contribution in [1.29, 1.82) is 0 Å². The fourth-order valence-electron chi connectivity index (χ4n) is 2.95. The number of nitrogens with zero attached hydrogens (tertiary/aromatic N) is 1. The van der Waals surface area contributed by atoms with E-state index in [0.717, 1.165) is 19.1 Å². The quantitative estimate of drug-likeness (QED) is 0.813. The van der Waals surface area contributed by atoms with Crippen molar-refractivity contribution in [2.45, 2.75) is 25.8 Å². The number of hydrogen-bond acceptors (Lipinski definition) is 4. The predicted octanol–water partition coefficient (Wildman–Crippen LogP) is 2.28. The fourth-order valence-corrected chi connectivity index (χ4v) is 2.95. The van der Waals surface area contributed by atoms with E-state index in [2.05, 4.69) is 12.1 Å². The van der Waals surface area contributed by atoms with Crippen LogP contribution in [0.5, 0.6) is 5.75 Å². The smallest absolute Gasteiger partial charge is 0.303 e. The molecule has 1 aliphatic heterocycles. The number of aryl methyl sites for hydroxylation is 1. The van der Waals surface area contributed by atoms with E-state index in [9.17, 15) is 9.59 Å². The minimum Gasteiger partial charge on any atom is -0.484 e. The maximum Gasteiger partial charge on any atom is 0.303 e. The Morgan fingerprint density at radius 3 is 2.37 bits per heavy atom. The molecule has 2 N–H and O–H groups in total. The summed E-state index contributed by atoms with van der Waals surface area (Å²) in [6.07, 6.45) is 1.47. The molecule has 0 bridgehead atoms. The first-order chi connectivity index (χ1) is 13.1. The number of aliphatic hydroxyl groups excluding tert-OH is 1. The van der Waals surface area contributed by atoms with Crippen LogP contribution < -0.4 is 4.74 Å². The third kappa shape index (κ3) is 6.11. The summed E-state index contributed by atoms with van der Waals surface area (Å²) in [6, 6.07) is 15.4. The van der Waals surface area contributed by atoms with E-state index in [1.807, 2.05) is 29.2 Å². The summed E-state index contributed by atoms with van der Waals surface area (Å²) in [5.74, 6) is -0.219. The molecule has 0 spiro atoms. The molecule has 0 aliphatic carbocycles. The Morgan fingerprint density at radius 2 is 1.70 bits per heavy atom. The average molecular weight is 371 g/mol. The second-order valence-electron chi connectivity index (χ2n) is 6.16. The van der Waals surface area contributed by atoms with E-state index in [1.165, 1.54) is 11.1 Å². The Labute approximate surface area is 159 Å². The van der Waals surface area contributed by atoms with Gasteiger partial charge in [-0.2, -0.15) is 0 Å². The number of hydrogen-bond donors (Lipinski definition) is 2. The van der Waals surface area contributed by atoms with Gasteiger partial charge in [0.05, 0.1) is 0 Å². The average Bonchev–Trinajstić information content (AvgIpc) is 2.72. The van der Waals surface area contributed by atoms with Crippen molar-refractivity contribution in [2.75, 3.05) is 20.3 Å². The summed E-state index contributed by atoms with van der Waals surface area (Å²) >= 11 is 0. The van der Waals surface area contributed by atoms with Gasteiger partial charge in [-0.15, -0.1) is 0 Å². The van der Waals surface area contributed by atoms with Crippen LogP contribution in [-0.2, 0) is 29.0 Å². The molecular formula is C21H25NO5. The highest BCUT2D eigenvalue weighted by Crippen LogP contribution is 2.19. The fraction of sp³-hybridized carbons (Fsp3) is 0.333. The number of benzene rings is 2. The molecule has 0 saturated carbocycles. The molecule has 0 aromatic heterocycles. The Bertz CT molecular complexity index is 757. The zero-order valence-electron chi connectivity index (χ0n) is 15.4. The highest BCUT2D eigenvalue weighted by Gasteiger charge is 2.20. The SMILES string of the molecule is CO.O=C(O)CCc1ccc(OCC(=O)N2CCc3ccccc3C2)cc1. The van der Waals surface area contributed by atoms with Gasteiger partial charge in [0.1, 0.15) is 5.75 Å². The summed E-state index contributed by atoms with van der Waals surface area (Å²) < 4.78 is 5.58. The number of carbonyl (C=O) groups is 2. The first-order valence-corrected chi connectivity index (χ1v) is 8.84. The van der Waals surface area contributed by atoms with Gasteiger partial charge in [-0.1, -0.05) is 36.4 Å². The lowest BCUT2D eigenvalue weighted by Crippen LogP contribution is -2.38. The monoisotopic (exact) mass is 371 g/mol. The summed E-state index contributed by atoms with van der Waals surface area (Å²) in [6.45, 7) is 1.36. The molecule has 0 fully saturated rings. The van der Waals surface area contributed by atoms with E-state index in [0.29, 0.717) is 25.3 Å². The summed E-state index contributed by atoms with van der Waals surface area (Å²) in [5, 5.41) is 15.7. The standard InChI is InChI=1S/C20H21NO4.CH4O/c22-19(21-12-11-16-3-1-2-4-17(16)13-21)14-25-18-8-5-15(6-9-18)7-10-20(23)24;1-2/h1-6,8-9H,7,10-14H2,(H,23,24);2H,1H3. The molecule has 2 aromatic rings. The molecule has 27 heavy (non-hydrogen) atoms. The topological polar surface area (TPSA) is 87.1 Å². The molecule has 0 unspecified atom stereocenters. The number of carbonyl (C=O) groups excluding carboxylic acids is 1. The van der Waals surface area contributed by atoms with Crippen molar-refractivity contribution in [1.82, 2.24) is 4.90 Å². The van der Waals surface area contributed by atoms with Crippen molar-refractivity contribution in [2.24, 2.45) is 0 Å². The van der Waals surface area contributed by atoms with Crippen LogP contribution in [-0.4, -0.2) is 47.3 Å². The molecule has 2 aromatic carbocycles. The van der Waals surface area contributed by atoms with Gasteiger partial charge in [-0.3, -0.25) is 9.59 Å². The van der Waals surface area contributed by atoms with E-state index < -0.39 is 5.97 Å². The molecule has 0 atom stereocenters. The number of amides is 1. The van der Waals surface area contributed by atoms with E-state index in [1.54, 1.807) is 12.1 Å². The number of carboxylic acid groups (broad SMARTS) is 1. The molecule has 144 valence electrons. The number of fused-ring (bicyclic) bond motifs is 1. The van der Waals surface area contributed by atoms with Gasteiger partial charge in [0.25, 0.3) is 5.91 Å². The Morgan fingerprint density at radius 1 is 1.04 bits per heavy atom. The van der Waals surface area contributed by atoms with E-state index in [-0.39, 0.29) is 18.9 Å². The third-order valence-corrected chi connectivity index (χ3v) is 4.40. The van der Waals surface area contributed by atoms with E-state index >= 15 is 0 Å². The summed E-state index contributed by atoms with van der Waals surface area (Å²) in [4.78, 5) is 24.8. The van der Waals surface area contributed by atoms with Crippen molar-refractivity contribution in [3.63, 3.8) is 0 Å². The van der Waals surface area contributed by atoms with Crippen molar-refractivity contribution in [3.8, 4) is 5.75 Å². The van der Waals surface area contributed by atoms with Crippen LogP contribution in [0.25, 0.3) is 0 Å². The lowest BCUT2D eigenvalue weighted by molar-refractivity contribution is -0.137. The first-order valence-electron chi connectivity index (χ1n) is 8.84. The van der Waals surface area contributed by atoms with Gasteiger partial charge in [0, 0.05) is 26.6 Å². The highest BCUT2D eigenvalue weighted by molar-refractivity contribution is 5.78. The van der Waals surface area contributed by atoms with Crippen LogP contribution in [0.3, 0.4) is 0 Å². The van der Waals surface area contributed by atoms with Crippen LogP contribution >= 0.6 is 0 Å². The lowest BCUT2D eigenvalue weighted by atomic mass is 10.00.